The maximum atomic E-state index is 12.8. The zero-order chi connectivity index (χ0) is 14.4. The van der Waals surface area contributed by atoms with Crippen LogP contribution in [0.2, 0.25) is 0 Å². The lowest BCUT2D eigenvalue weighted by Crippen LogP contribution is -2.09. The van der Waals surface area contributed by atoms with E-state index in [0.717, 1.165) is 5.56 Å². The number of nitrogens with one attached hydrogen (secondary N) is 1. The molecule has 0 saturated heterocycles. The topological polar surface area (TPSA) is 38.3 Å². The smallest absolute Gasteiger partial charge is 0.224 e. The van der Waals surface area contributed by atoms with Crippen molar-refractivity contribution in [3.8, 4) is 5.75 Å². The minimum Gasteiger partial charge on any atom is -0.489 e. The fraction of sp³-hybridized carbons (Fsp3) is 0.188. The minimum absolute atomic E-state index is 0.0410. The average molecular weight is 273 g/mol. The van der Waals surface area contributed by atoms with Crippen molar-refractivity contribution in [2.45, 2.75) is 20.0 Å². The van der Waals surface area contributed by atoms with Gasteiger partial charge in [0.2, 0.25) is 5.91 Å². The van der Waals surface area contributed by atoms with Gasteiger partial charge in [0.25, 0.3) is 0 Å². The predicted octanol–water partition coefficient (Wildman–Crippen LogP) is 3.75. The summed E-state index contributed by atoms with van der Waals surface area (Å²) in [6, 6.07) is 13.3. The first kappa shape index (κ1) is 14.1. The van der Waals surface area contributed by atoms with E-state index in [1.807, 2.05) is 12.1 Å². The van der Waals surface area contributed by atoms with E-state index in [-0.39, 0.29) is 11.7 Å². The molecule has 2 rings (SSSR count). The van der Waals surface area contributed by atoms with E-state index in [2.05, 4.69) is 5.32 Å². The standard InChI is InChI=1S/C16H16FNO2/c1-2-16(19)18-14-4-3-5-15(10-14)20-11-12-6-8-13(17)9-7-12/h3-10H,2,11H2,1H3,(H,18,19). The van der Waals surface area contributed by atoms with Crippen LogP contribution in [0.5, 0.6) is 5.75 Å². The van der Waals surface area contributed by atoms with Gasteiger partial charge in [-0.05, 0) is 29.8 Å². The lowest BCUT2D eigenvalue weighted by molar-refractivity contribution is -0.115. The lowest BCUT2D eigenvalue weighted by atomic mass is 10.2. The molecule has 0 aliphatic heterocycles. The highest BCUT2D eigenvalue weighted by molar-refractivity contribution is 5.90. The van der Waals surface area contributed by atoms with E-state index in [1.165, 1.54) is 12.1 Å². The maximum absolute atomic E-state index is 12.8. The van der Waals surface area contributed by atoms with Crippen molar-refractivity contribution in [1.29, 1.82) is 0 Å². The molecular formula is C16H16FNO2. The Morgan fingerprint density at radius 2 is 1.95 bits per heavy atom. The molecule has 0 atom stereocenters. The van der Waals surface area contributed by atoms with E-state index >= 15 is 0 Å². The number of anilines is 1. The molecule has 0 radical (unpaired) electrons. The van der Waals surface area contributed by atoms with Crippen molar-refractivity contribution >= 4 is 11.6 Å². The third-order valence-electron chi connectivity index (χ3n) is 2.76. The monoisotopic (exact) mass is 273 g/mol. The molecule has 0 heterocycles. The molecule has 0 unspecified atom stereocenters. The number of benzene rings is 2. The first-order valence-corrected chi connectivity index (χ1v) is 6.44. The summed E-state index contributed by atoms with van der Waals surface area (Å²) in [6.45, 7) is 2.15. The molecule has 0 saturated carbocycles. The Kier molecular flexibility index (Phi) is 4.71. The second-order valence-corrected chi connectivity index (χ2v) is 4.34. The zero-order valence-corrected chi connectivity index (χ0v) is 11.2. The summed E-state index contributed by atoms with van der Waals surface area (Å²) in [5.74, 6) is 0.349. The molecule has 2 aromatic rings. The third kappa shape index (κ3) is 4.09. The summed E-state index contributed by atoms with van der Waals surface area (Å²) in [5, 5.41) is 2.77. The average Bonchev–Trinajstić information content (AvgIpc) is 2.47. The molecule has 0 fully saturated rings. The van der Waals surface area contributed by atoms with Gasteiger partial charge in [0.15, 0.2) is 0 Å². The van der Waals surface area contributed by atoms with Gasteiger partial charge in [-0.3, -0.25) is 4.79 Å². The van der Waals surface area contributed by atoms with Crippen molar-refractivity contribution in [1.82, 2.24) is 0 Å². The Labute approximate surface area is 117 Å². The van der Waals surface area contributed by atoms with Gasteiger partial charge >= 0.3 is 0 Å². The van der Waals surface area contributed by atoms with E-state index in [0.29, 0.717) is 24.5 Å². The van der Waals surface area contributed by atoms with Crippen LogP contribution >= 0.6 is 0 Å². The molecule has 0 spiro atoms. The summed E-state index contributed by atoms with van der Waals surface area (Å²) in [4.78, 5) is 11.3. The first-order chi connectivity index (χ1) is 9.67. The van der Waals surface area contributed by atoms with Gasteiger partial charge in [-0.1, -0.05) is 25.1 Å². The molecule has 0 aliphatic carbocycles. The van der Waals surface area contributed by atoms with Crippen LogP contribution in [-0.2, 0) is 11.4 Å². The van der Waals surface area contributed by atoms with Gasteiger partial charge in [-0.2, -0.15) is 0 Å². The SMILES string of the molecule is CCC(=O)Nc1cccc(OCc2ccc(F)cc2)c1. The molecule has 104 valence electrons. The van der Waals surface area contributed by atoms with Crippen LogP contribution in [0.1, 0.15) is 18.9 Å². The zero-order valence-electron chi connectivity index (χ0n) is 11.2. The van der Waals surface area contributed by atoms with E-state index in [9.17, 15) is 9.18 Å². The molecule has 0 aliphatic rings. The van der Waals surface area contributed by atoms with Gasteiger partial charge in [-0.25, -0.2) is 4.39 Å². The first-order valence-electron chi connectivity index (χ1n) is 6.44. The number of rotatable bonds is 5. The Morgan fingerprint density at radius 3 is 2.65 bits per heavy atom. The number of ether oxygens (including phenoxy) is 1. The van der Waals surface area contributed by atoms with Crippen molar-refractivity contribution in [3.05, 3.63) is 59.9 Å². The predicted molar refractivity (Wildman–Crippen MR) is 76.1 cm³/mol. The van der Waals surface area contributed by atoms with Crippen LogP contribution in [-0.4, -0.2) is 5.91 Å². The van der Waals surface area contributed by atoms with E-state index < -0.39 is 0 Å². The number of amides is 1. The van der Waals surface area contributed by atoms with Crippen molar-refractivity contribution in [2.24, 2.45) is 0 Å². The fourth-order valence-electron chi connectivity index (χ4n) is 1.66. The fourth-order valence-corrected chi connectivity index (χ4v) is 1.66. The minimum atomic E-state index is -0.266. The van der Waals surface area contributed by atoms with Crippen LogP contribution in [0.3, 0.4) is 0 Å². The number of carbonyl (C=O) groups is 1. The van der Waals surface area contributed by atoms with Gasteiger partial charge in [-0.15, -0.1) is 0 Å². The summed E-state index contributed by atoms with van der Waals surface area (Å²) < 4.78 is 18.4. The van der Waals surface area contributed by atoms with Gasteiger partial charge < -0.3 is 10.1 Å². The second kappa shape index (κ2) is 6.70. The van der Waals surface area contributed by atoms with Crippen molar-refractivity contribution in [2.75, 3.05) is 5.32 Å². The van der Waals surface area contributed by atoms with Crippen LogP contribution in [0, 0.1) is 5.82 Å². The van der Waals surface area contributed by atoms with E-state index in [4.69, 9.17) is 4.74 Å². The number of halogens is 1. The number of carbonyl (C=O) groups excluding carboxylic acids is 1. The highest BCUT2D eigenvalue weighted by Gasteiger charge is 2.01. The Bertz CT molecular complexity index is 581. The highest BCUT2D eigenvalue weighted by Crippen LogP contribution is 2.19. The summed E-state index contributed by atoms with van der Waals surface area (Å²) >= 11 is 0. The Hall–Kier alpha value is -2.36. The summed E-state index contributed by atoms with van der Waals surface area (Å²) in [5.41, 5.74) is 1.59. The third-order valence-corrected chi connectivity index (χ3v) is 2.76. The second-order valence-electron chi connectivity index (χ2n) is 4.34. The molecule has 0 bridgehead atoms. The molecule has 1 amide bonds. The van der Waals surface area contributed by atoms with Crippen LogP contribution in [0.4, 0.5) is 10.1 Å². The largest absolute Gasteiger partial charge is 0.489 e. The summed E-state index contributed by atoms with van der Waals surface area (Å²) in [7, 11) is 0. The molecule has 4 heteroatoms. The molecule has 20 heavy (non-hydrogen) atoms. The van der Waals surface area contributed by atoms with Crippen LogP contribution in [0.15, 0.2) is 48.5 Å². The Morgan fingerprint density at radius 1 is 1.20 bits per heavy atom. The molecular weight excluding hydrogens is 257 g/mol. The van der Waals surface area contributed by atoms with Gasteiger partial charge in [0.1, 0.15) is 18.2 Å². The number of hydrogen-bond acceptors (Lipinski definition) is 2. The quantitative estimate of drug-likeness (QED) is 0.901. The normalized spacial score (nSPS) is 10.1. The van der Waals surface area contributed by atoms with Crippen molar-refractivity contribution in [3.63, 3.8) is 0 Å². The Balaban J connectivity index is 1.97. The molecule has 0 aromatic heterocycles. The highest BCUT2D eigenvalue weighted by atomic mass is 19.1. The number of hydrogen-bond donors (Lipinski definition) is 1. The lowest BCUT2D eigenvalue weighted by Gasteiger charge is -2.09. The van der Waals surface area contributed by atoms with Gasteiger partial charge in [0.05, 0.1) is 0 Å². The maximum Gasteiger partial charge on any atom is 0.224 e. The molecule has 2 aromatic carbocycles. The van der Waals surface area contributed by atoms with E-state index in [1.54, 1.807) is 31.2 Å². The van der Waals surface area contributed by atoms with Crippen LogP contribution in [0.25, 0.3) is 0 Å². The van der Waals surface area contributed by atoms with Crippen molar-refractivity contribution < 1.29 is 13.9 Å². The molecule has 1 N–H and O–H groups in total. The van der Waals surface area contributed by atoms with Gasteiger partial charge in [0, 0.05) is 18.2 Å². The molecule has 3 nitrogen and oxygen atoms in total. The summed E-state index contributed by atoms with van der Waals surface area (Å²) in [6.07, 6.45) is 0.431. The van der Waals surface area contributed by atoms with Crippen LogP contribution < -0.4 is 10.1 Å².